The first kappa shape index (κ1) is 26.6. The van der Waals surface area contributed by atoms with E-state index in [1.165, 1.54) is 12.1 Å². The third-order valence-electron chi connectivity index (χ3n) is 7.57. The minimum Gasteiger partial charge on any atom is -0.494 e. The van der Waals surface area contributed by atoms with Crippen molar-refractivity contribution in [2.45, 2.75) is 57.5 Å². The van der Waals surface area contributed by atoms with E-state index in [0.717, 1.165) is 29.9 Å². The second-order valence-corrected chi connectivity index (χ2v) is 10.1. The maximum absolute atomic E-state index is 13.8. The lowest BCUT2D eigenvalue weighted by Gasteiger charge is -2.36. The zero-order valence-electron chi connectivity index (χ0n) is 22.1. The molecule has 9 heteroatoms. The zero-order valence-corrected chi connectivity index (χ0v) is 22.1. The van der Waals surface area contributed by atoms with Crippen LogP contribution in [0.15, 0.2) is 71.1 Å². The van der Waals surface area contributed by atoms with Gasteiger partial charge in [-0.1, -0.05) is 24.3 Å². The second-order valence-electron chi connectivity index (χ2n) is 10.1. The fourth-order valence-electron chi connectivity index (χ4n) is 5.69. The Hall–Kier alpha value is -3.98. The number of benzene rings is 2. The van der Waals surface area contributed by atoms with Gasteiger partial charge < -0.3 is 19.5 Å². The van der Waals surface area contributed by atoms with Gasteiger partial charge in [0.1, 0.15) is 12.4 Å². The van der Waals surface area contributed by atoms with Gasteiger partial charge in [0.05, 0.1) is 23.2 Å². The predicted molar refractivity (Wildman–Crippen MR) is 143 cm³/mol. The number of nitrogens with one attached hydrogen (secondary N) is 1. The van der Waals surface area contributed by atoms with Crippen molar-refractivity contribution < 1.29 is 28.7 Å². The van der Waals surface area contributed by atoms with Crippen LogP contribution < -0.4 is 10.1 Å². The van der Waals surface area contributed by atoms with E-state index in [-0.39, 0.29) is 36.5 Å². The molecule has 2 aliphatic heterocycles. The highest BCUT2D eigenvalue weighted by Crippen LogP contribution is 2.46. The molecule has 0 aromatic heterocycles. The summed E-state index contributed by atoms with van der Waals surface area (Å²) in [5.74, 6) is -0.525. The minimum atomic E-state index is -0.687. The highest BCUT2D eigenvalue weighted by Gasteiger charge is 2.41. The molecular formula is C30H32N2O7. The van der Waals surface area contributed by atoms with E-state index in [4.69, 9.17) is 14.2 Å². The molecule has 0 amide bonds. The molecule has 3 aliphatic rings. The molecule has 0 spiro atoms. The number of dihydropyridines is 1. The third-order valence-corrected chi connectivity index (χ3v) is 7.57. The van der Waals surface area contributed by atoms with Gasteiger partial charge in [0.25, 0.3) is 5.69 Å². The van der Waals surface area contributed by atoms with Crippen molar-refractivity contribution in [3.05, 3.63) is 92.3 Å². The number of rotatable bonds is 8. The average Bonchev–Trinajstić information content (AvgIpc) is 3.45. The van der Waals surface area contributed by atoms with Crippen LogP contribution in [0.25, 0.3) is 0 Å². The molecule has 1 saturated heterocycles. The number of nitro groups is 1. The van der Waals surface area contributed by atoms with Gasteiger partial charge in [-0.25, -0.2) is 4.79 Å². The maximum atomic E-state index is 13.8. The summed E-state index contributed by atoms with van der Waals surface area (Å²) in [5, 5.41) is 14.6. The Morgan fingerprint density at radius 2 is 1.82 bits per heavy atom. The molecule has 2 aromatic rings. The number of non-ortho nitro benzene ring substituents is 1. The van der Waals surface area contributed by atoms with Crippen LogP contribution in [0.5, 0.6) is 5.75 Å². The molecule has 2 aromatic carbocycles. The van der Waals surface area contributed by atoms with E-state index < -0.39 is 16.8 Å². The van der Waals surface area contributed by atoms with E-state index in [0.29, 0.717) is 42.0 Å². The molecule has 1 fully saturated rings. The smallest absolute Gasteiger partial charge is 0.336 e. The number of Topliss-reactive ketones (excluding diaryl/α,β-unsaturated/α-hetero) is 1. The number of hydrogen-bond donors (Lipinski definition) is 1. The fourth-order valence-corrected chi connectivity index (χ4v) is 5.69. The molecule has 1 aliphatic carbocycles. The molecule has 1 N–H and O–H groups in total. The van der Waals surface area contributed by atoms with Crippen molar-refractivity contribution in [1.29, 1.82) is 0 Å². The lowest BCUT2D eigenvalue weighted by molar-refractivity contribution is -0.384. The fraction of sp³-hybridized carbons (Fsp3) is 0.400. The average molecular weight is 533 g/mol. The molecule has 3 atom stereocenters. The number of hydrogen-bond acceptors (Lipinski definition) is 8. The van der Waals surface area contributed by atoms with Crippen LogP contribution in [-0.2, 0) is 19.1 Å². The predicted octanol–water partition coefficient (Wildman–Crippen LogP) is 5.08. The van der Waals surface area contributed by atoms with Gasteiger partial charge in [0.2, 0.25) is 0 Å². The van der Waals surface area contributed by atoms with Crippen LogP contribution in [-0.4, -0.2) is 42.6 Å². The highest BCUT2D eigenvalue weighted by molar-refractivity contribution is 6.04. The number of allylic oxidation sites excluding steroid dienone is 3. The lowest BCUT2D eigenvalue weighted by atomic mass is 9.71. The summed E-state index contributed by atoms with van der Waals surface area (Å²) in [6, 6.07) is 13.8. The molecule has 0 unspecified atom stereocenters. The number of carbonyl (C=O) groups excluding carboxylic acids is 2. The number of nitrogens with zero attached hydrogens (tertiary/aromatic N) is 1. The van der Waals surface area contributed by atoms with Crippen molar-refractivity contribution in [1.82, 2.24) is 5.32 Å². The van der Waals surface area contributed by atoms with Gasteiger partial charge in [-0.3, -0.25) is 14.9 Å². The maximum Gasteiger partial charge on any atom is 0.336 e. The van der Waals surface area contributed by atoms with Crippen molar-refractivity contribution >= 4 is 17.4 Å². The zero-order chi connectivity index (χ0) is 27.5. The molecule has 204 valence electrons. The van der Waals surface area contributed by atoms with Gasteiger partial charge in [0.15, 0.2) is 5.78 Å². The molecule has 0 radical (unpaired) electrons. The Labute approximate surface area is 227 Å². The van der Waals surface area contributed by atoms with Crippen molar-refractivity contribution in [2.24, 2.45) is 0 Å². The molecular weight excluding hydrogens is 500 g/mol. The molecule has 2 heterocycles. The van der Waals surface area contributed by atoms with Gasteiger partial charge in [0, 0.05) is 48.0 Å². The number of ketones is 1. The first-order valence-corrected chi connectivity index (χ1v) is 13.4. The highest BCUT2D eigenvalue weighted by atomic mass is 16.6. The first-order valence-electron chi connectivity index (χ1n) is 13.4. The third kappa shape index (κ3) is 5.59. The van der Waals surface area contributed by atoms with Crippen LogP contribution >= 0.6 is 0 Å². The number of ether oxygens (including phenoxy) is 3. The monoisotopic (exact) mass is 532 g/mol. The second kappa shape index (κ2) is 11.4. The van der Waals surface area contributed by atoms with Crippen LogP contribution in [0, 0.1) is 10.1 Å². The molecule has 0 saturated carbocycles. The topological polar surface area (TPSA) is 117 Å². The Balaban J connectivity index is 1.48. The van der Waals surface area contributed by atoms with Gasteiger partial charge in [-0.15, -0.1) is 0 Å². The van der Waals surface area contributed by atoms with Gasteiger partial charge >= 0.3 is 5.97 Å². The summed E-state index contributed by atoms with van der Waals surface area (Å²) in [4.78, 5) is 38.0. The van der Waals surface area contributed by atoms with E-state index in [1.807, 2.05) is 31.2 Å². The summed E-state index contributed by atoms with van der Waals surface area (Å²) >= 11 is 0. The van der Waals surface area contributed by atoms with Crippen LogP contribution in [0.1, 0.15) is 62.5 Å². The molecule has 9 nitrogen and oxygen atoms in total. The first-order chi connectivity index (χ1) is 18.9. The van der Waals surface area contributed by atoms with Gasteiger partial charge in [-0.05, 0) is 62.3 Å². The van der Waals surface area contributed by atoms with E-state index in [1.54, 1.807) is 19.1 Å². The molecule has 0 bridgehead atoms. The van der Waals surface area contributed by atoms with Crippen LogP contribution in [0.2, 0.25) is 0 Å². The summed E-state index contributed by atoms with van der Waals surface area (Å²) in [6.07, 6.45) is 2.50. The standard InChI is InChI=1S/C30H32N2O7/c1-3-37-23-12-8-19(9-13-23)21-15-25-29(26(33)16-21)28(20-6-10-22(11-7-20)32(35)36)27(18(2)31-25)30(34)39-17-24-5-4-14-38-24/h6-13,21,24,28,31H,3-5,14-17H2,1-2H3/t21-,24+,28+/m0/s1. The number of esters is 1. The Bertz CT molecular complexity index is 1320. The largest absolute Gasteiger partial charge is 0.494 e. The lowest BCUT2D eigenvalue weighted by Crippen LogP contribution is -2.36. The molecule has 5 rings (SSSR count). The van der Waals surface area contributed by atoms with Crippen molar-refractivity contribution in [3.8, 4) is 5.75 Å². The van der Waals surface area contributed by atoms with E-state index in [9.17, 15) is 19.7 Å². The SMILES string of the molecule is CCOc1ccc([C@@H]2CC(=O)C3=C(C2)NC(C)=C(C(=O)OC[C@H]2CCCO2)[C@H]3c2ccc([N+](=O)[O-])cc2)cc1. The number of carbonyl (C=O) groups is 2. The quantitative estimate of drug-likeness (QED) is 0.284. The number of nitro benzene ring substituents is 1. The van der Waals surface area contributed by atoms with Crippen LogP contribution in [0.3, 0.4) is 0 Å². The summed E-state index contributed by atoms with van der Waals surface area (Å²) < 4.78 is 16.8. The van der Waals surface area contributed by atoms with Crippen molar-refractivity contribution in [3.63, 3.8) is 0 Å². The van der Waals surface area contributed by atoms with E-state index in [2.05, 4.69) is 5.32 Å². The minimum absolute atomic E-state index is 0.0299. The summed E-state index contributed by atoms with van der Waals surface area (Å²) in [7, 11) is 0. The van der Waals surface area contributed by atoms with Crippen molar-refractivity contribution in [2.75, 3.05) is 19.8 Å². The molecule has 39 heavy (non-hydrogen) atoms. The van der Waals surface area contributed by atoms with E-state index >= 15 is 0 Å². The Kier molecular flexibility index (Phi) is 7.79. The normalized spacial score (nSPS) is 22.8. The van der Waals surface area contributed by atoms with Crippen LogP contribution in [0.4, 0.5) is 5.69 Å². The van der Waals surface area contributed by atoms with Gasteiger partial charge in [-0.2, -0.15) is 0 Å². The Morgan fingerprint density at radius 1 is 1.10 bits per heavy atom. The Morgan fingerprint density at radius 3 is 2.46 bits per heavy atom. The summed E-state index contributed by atoms with van der Waals surface area (Å²) in [6.45, 7) is 5.10. The summed E-state index contributed by atoms with van der Waals surface area (Å²) in [5.41, 5.74) is 3.84.